The Labute approximate surface area is 63.8 Å². The van der Waals surface area contributed by atoms with Gasteiger partial charge in [0, 0.05) is 33.3 Å². The molecule has 0 saturated carbocycles. The Kier molecular flexibility index (Phi) is 205. The summed E-state index contributed by atoms with van der Waals surface area (Å²) in [5, 5.41) is 0. The van der Waals surface area contributed by atoms with Gasteiger partial charge in [-0.25, -0.2) is 0 Å². The van der Waals surface area contributed by atoms with E-state index in [1.54, 1.807) is 0 Å². The summed E-state index contributed by atoms with van der Waals surface area (Å²) in [6, 6.07) is 0. The third kappa shape index (κ3) is 9.10. The number of hydrogen-bond donors (Lipinski definition) is 0. The maximum atomic E-state index is 0. The van der Waals surface area contributed by atoms with Crippen LogP contribution in [0.4, 0.5) is 0 Å². The molecule has 0 aromatic rings. The fourth-order valence-corrected chi connectivity index (χ4v) is 0. The van der Waals surface area contributed by atoms with E-state index < -0.39 is 0 Å². The molecule has 0 aliphatic carbocycles. The molecule has 0 aromatic heterocycles. The quantitative estimate of drug-likeness (QED) is 0.418. The van der Waals surface area contributed by atoms with Crippen LogP contribution in [0, 0.1) is 0 Å². The Morgan fingerprint density at radius 2 is 1.00 bits per heavy atom. The summed E-state index contributed by atoms with van der Waals surface area (Å²) in [6.45, 7) is 0. The summed E-state index contributed by atoms with van der Waals surface area (Å²) < 4.78 is 0. The van der Waals surface area contributed by atoms with Gasteiger partial charge in [-0.2, -0.15) is 13.5 Å². The smallest absolute Gasteiger partial charge is 0.187 e. The summed E-state index contributed by atoms with van der Waals surface area (Å²) in [7, 11) is 0. The molecule has 0 saturated heterocycles. The van der Waals surface area contributed by atoms with E-state index in [4.69, 9.17) is 0 Å². The van der Waals surface area contributed by atoms with Crippen LogP contribution in [0.1, 0.15) is 0 Å². The van der Waals surface area contributed by atoms with Crippen molar-refractivity contribution in [2.75, 3.05) is 0 Å². The van der Waals surface area contributed by atoms with Crippen LogP contribution in [0.5, 0.6) is 0 Å². The average molecular weight is 182 g/mol. The van der Waals surface area contributed by atoms with Crippen LogP contribution >= 0.6 is 13.5 Å². The van der Waals surface area contributed by atoms with Crippen molar-refractivity contribution in [2.45, 2.75) is 0 Å². The first-order valence-electron chi connectivity index (χ1n) is 0. The van der Waals surface area contributed by atoms with Gasteiger partial charge in [-0.1, -0.05) is 0 Å². The first-order chi connectivity index (χ1) is 0. The van der Waals surface area contributed by atoms with Crippen molar-refractivity contribution in [3.8, 4) is 0 Å². The van der Waals surface area contributed by atoms with Gasteiger partial charge in [0.1, 0.15) is 0 Å². The van der Waals surface area contributed by atoms with Crippen molar-refractivity contribution in [2.24, 2.45) is 0 Å². The van der Waals surface area contributed by atoms with E-state index in [-0.39, 0.29) is 64.1 Å². The second-order valence-electron chi connectivity index (χ2n) is 0. The van der Waals surface area contributed by atoms with E-state index in [1.165, 1.54) is 0 Å². The minimum absolute atomic E-state index is 0. The molecule has 0 rings (SSSR count). The van der Waals surface area contributed by atoms with Gasteiger partial charge in [0.2, 0.25) is 0 Å². The second-order valence-corrected chi connectivity index (χ2v) is 0. The van der Waals surface area contributed by atoms with Gasteiger partial charge >= 0.3 is 0 Å². The van der Waals surface area contributed by atoms with Crippen molar-refractivity contribution < 1.29 is 33.3 Å². The largest absolute Gasteiger partial charge is 0.197 e. The fraction of sp³-hybridized carbons (Fsp3) is 0. The molecule has 4 heteroatoms. The second kappa shape index (κ2) is 20.8. The summed E-state index contributed by atoms with van der Waals surface area (Å²) in [5.41, 5.74) is 0. The Morgan fingerprint density at radius 3 is 1.00 bits per heavy atom. The predicted octanol–water partition coefficient (Wildman–Crippen LogP) is -1.08. The molecule has 33 valence electrons. The van der Waals surface area contributed by atoms with Crippen LogP contribution in [-0.2, 0) is 33.3 Å². The molecule has 0 heterocycles. The maximum Gasteiger partial charge on any atom is 0.187 e. The van der Waals surface area contributed by atoms with Crippen LogP contribution in [0.25, 0.3) is 0 Å². The zero-order valence-electron chi connectivity index (χ0n) is 1.15. The predicted molar refractivity (Wildman–Crippen MR) is 20.3 cm³/mol. The first-order valence-corrected chi connectivity index (χ1v) is 0. The van der Waals surface area contributed by atoms with E-state index in [0.29, 0.717) is 0 Å². The molecule has 0 aromatic carbocycles. The van der Waals surface area contributed by atoms with Crippen molar-refractivity contribution >= 4 is 30.9 Å². The first kappa shape index (κ1) is 39.6. The van der Waals surface area contributed by atoms with Crippen molar-refractivity contribution in [1.82, 2.24) is 0 Å². The molecular weight excluding hydrogens is 177 g/mol. The third-order valence-electron chi connectivity index (χ3n) is 0. The topological polar surface area (TPSA) is 0 Å². The van der Waals surface area contributed by atoms with Gasteiger partial charge in [-0.3, -0.25) is 0 Å². The van der Waals surface area contributed by atoms with Gasteiger partial charge in [0.15, 0.2) is 17.4 Å². The minimum atomic E-state index is 0. The monoisotopic (exact) mass is 181 g/mol. The molecule has 0 nitrogen and oxygen atoms in total. The molecule has 0 unspecified atom stereocenters. The standard InChI is InChI=1S/Al.Co.Ni.H2S.3H/h;;;1H2;;;. The molecule has 0 N–H and O–H groups in total. The number of rotatable bonds is 0. The Bertz CT molecular complexity index is 8.00. The van der Waals surface area contributed by atoms with E-state index in [1.807, 2.05) is 0 Å². The zero-order valence-corrected chi connectivity index (χ0v) is 4.18. The fourth-order valence-electron chi connectivity index (χ4n) is 0. The van der Waals surface area contributed by atoms with Crippen molar-refractivity contribution in [3.63, 3.8) is 0 Å². The molecule has 0 fully saturated rings. The maximum absolute atomic E-state index is 0. The SMILES string of the molecule is S.[AlH3].[Co].[Ni]. The molecule has 0 spiro atoms. The summed E-state index contributed by atoms with van der Waals surface area (Å²) in [4.78, 5) is 0. The molecule has 0 bridgehead atoms. The van der Waals surface area contributed by atoms with E-state index in [2.05, 4.69) is 0 Å². The summed E-state index contributed by atoms with van der Waals surface area (Å²) in [5.74, 6) is 0. The van der Waals surface area contributed by atoms with Crippen molar-refractivity contribution in [1.29, 1.82) is 0 Å². The van der Waals surface area contributed by atoms with Crippen LogP contribution in [0.2, 0.25) is 0 Å². The Morgan fingerprint density at radius 1 is 1.00 bits per heavy atom. The molecule has 0 aliphatic heterocycles. The molecule has 0 atom stereocenters. The van der Waals surface area contributed by atoms with Crippen LogP contribution in [0.15, 0.2) is 0 Å². The van der Waals surface area contributed by atoms with Gasteiger partial charge in [0.25, 0.3) is 0 Å². The minimum Gasteiger partial charge on any atom is -0.197 e. The number of hydrogen-bond acceptors (Lipinski definition) is 0. The normalized spacial score (nSPS) is 0. The Balaban J connectivity index is 0. The third-order valence-corrected chi connectivity index (χ3v) is 0. The van der Waals surface area contributed by atoms with Gasteiger partial charge < -0.3 is 0 Å². The van der Waals surface area contributed by atoms with Crippen molar-refractivity contribution in [3.05, 3.63) is 0 Å². The van der Waals surface area contributed by atoms with E-state index >= 15 is 0 Å². The molecule has 1 radical (unpaired) electrons. The van der Waals surface area contributed by atoms with Crippen LogP contribution in [0.3, 0.4) is 0 Å². The van der Waals surface area contributed by atoms with Crippen LogP contribution < -0.4 is 0 Å². The summed E-state index contributed by atoms with van der Waals surface area (Å²) in [6.07, 6.45) is 0. The average Bonchev–Trinajstić information content (AvgIpc) is 0. The molecule has 0 amide bonds. The molecule has 4 heavy (non-hydrogen) atoms. The van der Waals surface area contributed by atoms with Gasteiger partial charge in [-0.05, 0) is 0 Å². The van der Waals surface area contributed by atoms with Gasteiger partial charge in [-0.15, -0.1) is 0 Å². The van der Waals surface area contributed by atoms with E-state index in [9.17, 15) is 0 Å². The van der Waals surface area contributed by atoms with Crippen LogP contribution in [-0.4, -0.2) is 17.4 Å². The molecule has 0 aliphatic rings. The van der Waals surface area contributed by atoms with Gasteiger partial charge in [0.05, 0.1) is 0 Å². The molecular formula is H5AlCoNiS. The summed E-state index contributed by atoms with van der Waals surface area (Å²) >= 11 is 0. The van der Waals surface area contributed by atoms with E-state index in [0.717, 1.165) is 0 Å². The zero-order chi connectivity index (χ0) is 0. The Hall–Kier alpha value is 1.88.